The van der Waals surface area contributed by atoms with Crippen molar-refractivity contribution in [2.75, 3.05) is 44.4 Å². The van der Waals surface area contributed by atoms with Crippen LogP contribution in [0.1, 0.15) is 13.3 Å². The van der Waals surface area contributed by atoms with Gasteiger partial charge in [0.15, 0.2) is 15.0 Å². The van der Waals surface area contributed by atoms with Gasteiger partial charge in [0.1, 0.15) is 22.8 Å². The molecule has 1 amide bonds. The number of thiazole rings is 1. The Morgan fingerprint density at radius 1 is 1.12 bits per heavy atom. The molecule has 1 heterocycles. The van der Waals surface area contributed by atoms with Crippen molar-refractivity contribution < 1.29 is 22.3 Å². The van der Waals surface area contributed by atoms with Gasteiger partial charge in [-0.25, -0.2) is 17.8 Å². The summed E-state index contributed by atoms with van der Waals surface area (Å²) < 4.78 is 45.2. The molecule has 0 unspecified atom stereocenters. The molecule has 0 aliphatic carbocycles. The Morgan fingerprint density at radius 2 is 1.84 bits per heavy atom. The number of ether oxygens (including phenoxy) is 1. The lowest BCUT2D eigenvalue weighted by atomic mass is 10.3. The zero-order valence-electron chi connectivity index (χ0n) is 18.2. The molecule has 2 aromatic carbocycles. The molecule has 0 saturated carbocycles. The molecule has 0 aliphatic rings. The van der Waals surface area contributed by atoms with E-state index in [1.54, 1.807) is 0 Å². The standard InChI is InChI=1S/C22H26FN3O4S2/c1-4-30-18-7-5-8-19-21(18)24-22(31-19)26(14-6-13-25(2)3)20(27)15-32(28,29)17-11-9-16(23)10-12-17/h5,7-12H,4,6,13-15H2,1-3H3. The molecule has 0 N–H and O–H groups in total. The molecular formula is C22H26FN3O4S2. The van der Waals surface area contributed by atoms with E-state index in [1.807, 2.05) is 44.1 Å². The summed E-state index contributed by atoms with van der Waals surface area (Å²) in [5.41, 5.74) is 0.640. The Balaban J connectivity index is 1.91. The molecule has 172 valence electrons. The molecule has 0 aliphatic heterocycles. The van der Waals surface area contributed by atoms with Crippen molar-refractivity contribution in [1.29, 1.82) is 0 Å². The highest BCUT2D eigenvalue weighted by Gasteiger charge is 2.27. The van der Waals surface area contributed by atoms with E-state index in [4.69, 9.17) is 4.74 Å². The third-order valence-electron chi connectivity index (χ3n) is 4.68. The molecule has 0 saturated heterocycles. The first kappa shape index (κ1) is 24.1. The van der Waals surface area contributed by atoms with Crippen molar-refractivity contribution in [2.24, 2.45) is 0 Å². The van der Waals surface area contributed by atoms with Crippen LogP contribution in [0.5, 0.6) is 5.75 Å². The number of carbonyl (C=O) groups excluding carboxylic acids is 1. The molecule has 32 heavy (non-hydrogen) atoms. The quantitative estimate of drug-likeness (QED) is 0.414. The summed E-state index contributed by atoms with van der Waals surface area (Å²) in [4.78, 5) is 21.1. The third kappa shape index (κ3) is 5.81. The zero-order chi connectivity index (χ0) is 23.3. The lowest BCUT2D eigenvalue weighted by molar-refractivity contribution is -0.116. The molecule has 0 bridgehead atoms. The van der Waals surface area contributed by atoms with Crippen LogP contribution in [0.4, 0.5) is 9.52 Å². The Morgan fingerprint density at radius 3 is 2.50 bits per heavy atom. The van der Waals surface area contributed by atoms with Gasteiger partial charge in [0.05, 0.1) is 16.2 Å². The van der Waals surface area contributed by atoms with E-state index in [0.29, 0.717) is 36.0 Å². The number of amides is 1. The number of hydrogen-bond acceptors (Lipinski definition) is 7. The number of aromatic nitrogens is 1. The van der Waals surface area contributed by atoms with Crippen LogP contribution in [0.2, 0.25) is 0 Å². The Hall–Kier alpha value is -2.56. The average Bonchev–Trinajstić information content (AvgIpc) is 3.16. The van der Waals surface area contributed by atoms with Crippen LogP contribution in [0.15, 0.2) is 47.4 Å². The summed E-state index contributed by atoms with van der Waals surface area (Å²) in [5, 5.41) is 0.421. The van der Waals surface area contributed by atoms with Gasteiger partial charge in [0, 0.05) is 6.54 Å². The number of fused-ring (bicyclic) bond motifs is 1. The van der Waals surface area contributed by atoms with E-state index in [2.05, 4.69) is 4.98 Å². The van der Waals surface area contributed by atoms with Crippen molar-refractivity contribution in [1.82, 2.24) is 9.88 Å². The van der Waals surface area contributed by atoms with Gasteiger partial charge in [-0.1, -0.05) is 17.4 Å². The van der Waals surface area contributed by atoms with Crippen LogP contribution in [0.3, 0.4) is 0 Å². The van der Waals surface area contributed by atoms with Crippen molar-refractivity contribution in [3.63, 3.8) is 0 Å². The molecular weight excluding hydrogens is 453 g/mol. The maximum Gasteiger partial charge on any atom is 0.244 e. The predicted octanol–water partition coefficient (Wildman–Crippen LogP) is 3.59. The number of rotatable bonds is 10. The average molecular weight is 480 g/mol. The normalized spacial score (nSPS) is 11.8. The fraction of sp³-hybridized carbons (Fsp3) is 0.364. The van der Waals surface area contributed by atoms with Gasteiger partial charge in [-0.2, -0.15) is 0 Å². The molecule has 3 aromatic rings. The summed E-state index contributed by atoms with van der Waals surface area (Å²) in [6.45, 7) is 3.40. The summed E-state index contributed by atoms with van der Waals surface area (Å²) in [6, 6.07) is 10.0. The minimum atomic E-state index is -3.93. The molecule has 0 fully saturated rings. The summed E-state index contributed by atoms with van der Waals surface area (Å²) >= 11 is 1.31. The second kappa shape index (κ2) is 10.4. The number of carbonyl (C=O) groups is 1. The highest BCUT2D eigenvalue weighted by Crippen LogP contribution is 2.34. The van der Waals surface area contributed by atoms with Crippen molar-refractivity contribution in [3.05, 3.63) is 48.3 Å². The summed E-state index contributed by atoms with van der Waals surface area (Å²) in [7, 11) is -0.0781. The maximum absolute atomic E-state index is 13.2. The largest absolute Gasteiger partial charge is 0.492 e. The van der Waals surface area contributed by atoms with Crippen molar-refractivity contribution >= 4 is 42.4 Å². The predicted molar refractivity (Wildman–Crippen MR) is 125 cm³/mol. The fourth-order valence-corrected chi connectivity index (χ4v) is 5.36. The molecule has 0 atom stereocenters. The van der Waals surface area contributed by atoms with Gasteiger partial charge < -0.3 is 9.64 Å². The van der Waals surface area contributed by atoms with Gasteiger partial charge in [0.2, 0.25) is 5.91 Å². The van der Waals surface area contributed by atoms with Gasteiger partial charge in [-0.3, -0.25) is 9.69 Å². The second-order valence-corrected chi connectivity index (χ2v) is 10.4. The number of anilines is 1. The van der Waals surface area contributed by atoms with Gasteiger partial charge in [-0.15, -0.1) is 0 Å². The first-order valence-corrected chi connectivity index (χ1v) is 12.6. The highest BCUT2D eigenvalue weighted by molar-refractivity contribution is 7.92. The van der Waals surface area contributed by atoms with Crippen molar-refractivity contribution in [3.8, 4) is 5.75 Å². The lowest BCUT2D eigenvalue weighted by Crippen LogP contribution is -2.37. The van der Waals surface area contributed by atoms with Crippen LogP contribution >= 0.6 is 11.3 Å². The smallest absolute Gasteiger partial charge is 0.244 e. The number of halogens is 1. The molecule has 0 radical (unpaired) electrons. The highest BCUT2D eigenvalue weighted by atomic mass is 32.2. The lowest BCUT2D eigenvalue weighted by Gasteiger charge is -2.21. The molecule has 1 aromatic heterocycles. The van der Waals surface area contributed by atoms with Gasteiger partial charge >= 0.3 is 0 Å². The zero-order valence-corrected chi connectivity index (χ0v) is 19.9. The molecule has 7 nitrogen and oxygen atoms in total. The minimum Gasteiger partial charge on any atom is -0.492 e. The van der Waals surface area contributed by atoms with E-state index >= 15 is 0 Å². The minimum absolute atomic E-state index is 0.0941. The first-order valence-electron chi connectivity index (χ1n) is 10.2. The number of sulfone groups is 1. The van der Waals surface area contributed by atoms with Crippen LogP contribution < -0.4 is 9.64 Å². The van der Waals surface area contributed by atoms with Crippen LogP contribution in [0.25, 0.3) is 10.2 Å². The van der Waals surface area contributed by atoms with Crippen molar-refractivity contribution in [2.45, 2.75) is 18.2 Å². The van der Waals surface area contributed by atoms with Gasteiger partial charge in [0.25, 0.3) is 0 Å². The van der Waals surface area contributed by atoms with E-state index in [-0.39, 0.29) is 4.90 Å². The molecule has 10 heteroatoms. The topological polar surface area (TPSA) is 79.8 Å². The van der Waals surface area contributed by atoms with Gasteiger partial charge in [-0.05, 0) is 70.4 Å². The van der Waals surface area contributed by atoms with E-state index < -0.39 is 27.3 Å². The van der Waals surface area contributed by atoms with E-state index in [0.717, 1.165) is 23.4 Å². The van der Waals surface area contributed by atoms with Crippen LogP contribution in [-0.2, 0) is 14.6 Å². The van der Waals surface area contributed by atoms with Crippen LogP contribution in [-0.4, -0.2) is 63.8 Å². The number of nitrogens with zero attached hydrogens (tertiary/aromatic N) is 3. The fourth-order valence-electron chi connectivity index (χ4n) is 3.14. The van der Waals surface area contributed by atoms with E-state index in [9.17, 15) is 17.6 Å². The van der Waals surface area contributed by atoms with Crippen LogP contribution in [0, 0.1) is 5.82 Å². The Kier molecular flexibility index (Phi) is 7.81. The summed E-state index contributed by atoms with van der Waals surface area (Å²) in [5.74, 6) is -1.23. The second-order valence-electron chi connectivity index (χ2n) is 7.45. The Bertz CT molecular complexity index is 1180. The van der Waals surface area contributed by atoms with E-state index in [1.165, 1.54) is 28.4 Å². The SMILES string of the molecule is CCOc1cccc2sc(N(CCCN(C)C)C(=O)CS(=O)(=O)c3ccc(F)cc3)nc12. The number of hydrogen-bond donors (Lipinski definition) is 0. The molecule has 3 rings (SSSR count). The monoisotopic (exact) mass is 479 g/mol. The maximum atomic E-state index is 13.2. The molecule has 0 spiro atoms. The Labute approximate surface area is 191 Å². The first-order chi connectivity index (χ1) is 15.2. The number of benzene rings is 2. The number of para-hydroxylation sites is 1. The third-order valence-corrected chi connectivity index (χ3v) is 7.34. The summed E-state index contributed by atoms with van der Waals surface area (Å²) in [6.07, 6.45) is 0.642.